The molecule has 1 saturated carbocycles. The molecule has 4 N–H and O–H groups in total. The second-order valence-electron chi connectivity index (χ2n) is 4.85. The molecule has 1 heterocycles. The van der Waals surface area contributed by atoms with Crippen LogP contribution in [0, 0.1) is 5.92 Å². The third-order valence-corrected chi connectivity index (χ3v) is 3.02. The summed E-state index contributed by atoms with van der Waals surface area (Å²) in [6, 6.07) is 1.51. The molecule has 1 atom stereocenters. The summed E-state index contributed by atoms with van der Waals surface area (Å²) in [6.07, 6.45) is 3.25. The highest BCUT2D eigenvalue weighted by Gasteiger charge is 2.26. The van der Waals surface area contributed by atoms with Gasteiger partial charge in [-0.3, -0.25) is 4.79 Å². The molecule has 1 fully saturated rings. The monoisotopic (exact) mass is 236 g/mol. The van der Waals surface area contributed by atoms with Crippen LogP contribution in [0.25, 0.3) is 0 Å². The zero-order chi connectivity index (χ0) is 12.3. The van der Waals surface area contributed by atoms with E-state index in [1.165, 1.54) is 6.07 Å². The molecule has 1 aromatic heterocycles. The van der Waals surface area contributed by atoms with E-state index >= 15 is 0 Å². The number of aromatic amines is 1. The zero-order valence-electron chi connectivity index (χ0n) is 10.2. The Kier molecular flexibility index (Phi) is 3.78. The average Bonchev–Trinajstić information content (AvgIpc) is 3.10. The zero-order valence-corrected chi connectivity index (χ0v) is 10.2. The topological polar surface area (TPSA) is 83.8 Å². The lowest BCUT2D eigenvalue weighted by Crippen LogP contribution is -2.18. The number of rotatable bonds is 6. The fraction of sp³-hybridized carbons (Fsp3) is 0.667. The number of hydrogen-bond acceptors (Lipinski definition) is 4. The Balaban J connectivity index is 1.97. The first kappa shape index (κ1) is 12.1. The van der Waals surface area contributed by atoms with E-state index in [4.69, 9.17) is 5.73 Å². The van der Waals surface area contributed by atoms with E-state index in [9.17, 15) is 4.79 Å². The lowest BCUT2D eigenvalue weighted by Gasteiger charge is -2.12. The van der Waals surface area contributed by atoms with Crippen molar-refractivity contribution in [3.8, 4) is 0 Å². The summed E-state index contributed by atoms with van der Waals surface area (Å²) in [5.74, 6) is 2.46. The van der Waals surface area contributed by atoms with Crippen molar-refractivity contribution in [1.29, 1.82) is 0 Å². The van der Waals surface area contributed by atoms with Gasteiger partial charge in [-0.15, -0.1) is 0 Å². The van der Waals surface area contributed by atoms with Crippen molar-refractivity contribution in [2.45, 2.75) is 32.1 Å². The van der Waals surface area contributed by atoms with Crippen LogP contribution < -0.4 is 16.6 Å². The van der Waals surface area contributed by atoms with Crippen molar-refractivity contribution in [2.75, 3.05) is 18.4 Å². The van der Waals surface area contributed by atoms with Gasteiger partial charge in [0, 0.05) is 18.5 Å². The summed E-state index contributed by atoms with van der Waals surface area (Å²) in [4.78, 5) is 18.7. The average molecular weight is 236 g/mol. The van der Waals surface area contributed by atoms with Gasteiger partial charge in [0.05, 0.1) is 0 Å². The molecule has 2 rings (SSSR count). The normalized spacial score (nSPS) is 16.8. The van der Waals surface area contributed by atoms with E-state index in [1.807, 2.05) is 0 Å². The highest BCUT2D eigenvalue weighted by atomic mass is 16.1. The number of nitrogens with two attached hydrogens (primary N) is 1. The van der Waals surface area contributed by atoms with Gasteiger partial charge in [0.25, 0.3) is 5.56 Å². The van der Waals surface area contributed by atoms with Crippen molar-refractivity contribution in [2.24, 2.45) is 11.7 Å². The van der Waals surface area contributed by atoms with E-state index in [2.05, 4.69) is 22.2 Å². The van der Waals surface area contributed by atoms with Crippen LogP contribution in [0.3, 0.4) is 0 Å². The van der Waals surface area contributed by atoms with Crippen LogP contribution in [-0.2, 0) is 0 Å². The molecule has 94 valence electrons. The number of hydrogen-bond donors (Lipinski definition) is 3. The summed E-state index contributed by atoms with van der Waals surface area (Å²) >= 11 is 0. The lowest BCUT2D eigenvalue weighted by atomic mass is 10.1. The SMILES string of the molecule is CC(CCN)CNc1cc(=O)[nH]c(C2CC2)n1. The second-order valence-corrected chi connectivity index (χ2v) is 4.85. The number of H-pyrrole nitrogens is 1. The van der Waals surface area contributed by atoms with Crippen LogP contribution in [0.5, 0.6) is 0 Å². The minimum absolute atomic E-state index is 0.0733. The molecule has 1 aliphatic carbocycles. The van der Waals surface area contributed by atoms with Crippen molar-refractivity contribution in [1.82, 2.24) is 9.97 Å². The molecule has 1 aliphatic rings. The molecule has 1 unspecified atom stereocenters. The first-order valence-electron chi connectivity index (χ1n) is 6.24. The maximum absolute atomic E-state index is 11.5. The van der Waals surface area contributed by atoms with Gasteiger partial charge in [0.15, 0.2) is 0 Å². The van der Waals surface area contributed by atoms with Gasteiger partial charge in [0.2, 0.25) is 0 Å². The van der Waals surface area contributed by atoms with Gasteiger partial charge in [0.1, 0.15) is 11.6 Å². The highest BCUT2D eigenvalue weighted by Crippen LogP contribution is 2.37. The molecular formula is C12H20N4O. The molecular weight excluding hydrogens is 216 g/mol. The van der Waals surface area contributed by atoms with E-state index < -0.39 is 0 Å². The Morgan fingerprint density at radius 1 is 1.65 bits per heavy atom. The van der Waals surface area contributed by atoms with Gasteiger partial charge in [-0.2, -0.15) is 0 Å². The Hall–Kier alpha value is -1.36. The predicted molar refractivity (Wildman–Crippen MR) is 68.2 cm³/mol. The number of nitrogens with zero attached hydrogens (tertiary/aromatic N) is 1. The summed E-state index contributed by atoms with van der Waals surface area (Å²) in [5, 5.41) is 3.21. The minimum atomic E-state index is -0.0733. The molecule has 0 spiro atoms. The van der Waals surface area contributed by atoms with Crippen LogP contribution >= 0.6 is 0 Å². The molecule has 0 saturated heterocycles. The van der Waals surface area contributed by atoms with E-state index in [0.717, 1.165) is 31.6 Å². The van der Waals surface area contributed by atoms with Crippen molar-refractivity contribution >= 4 is 5.82 Å². The van der Waals surface area contributed by atoms with E-state index in [-0.39, 0.29) is 5.56 Å². The van der Waals surface area contributed by atoms with Gasteiger partial charge in [-0.1, -0.05) is 6.92 Å². The van der Waals surface area contributed by atoms with E-state index in [1.54, 1.807) is 0 Å². The largest absolute Gasteiger partial charge is 0.370 e. The fourth-order valence-electron chi connectivity index (χ4n) is 1.78. The smallest absolute Gasteiger partial charge is 0.252 e. The summed E-state index contributed by atoms with van der Waals surface area (Å²) < 4.78 is 0. The van der Waals surface area contributed by atoms with Crippen molar-refractivity contribution in [3.05, 3.63) is 22.2 Å². The Morgan fingerprint density at radius 3 is 3.06 bits per heavy atom. The second kappa shape index (κ2) is 5.31. The highest BCUT2D eigenvalue weighted by molar-refractivity contribution is 5.33. The Bertz CT molecular complexity index is 425. The molecule has 0 amide bonds. The Labute approximate surface area is 101 Å². The summed E-state index contributed by atoms with van der Waals surface area (Å²) in [7, 11) is 0. The first-order chi connectivity index (χ1) is 8.19. The number of anilines is 1. The maximum Gasteiger partial charge on any atom is 0.252 e. The third kappa shape index (κ3) is 3.56. The van der Waals surface area contributed by atoms with Crippen LogP contribution in [0.2, 0.25) is 0 Å². The van der Waals surface area contributed by atoms with Crippen LogP contribution in [0.4, 0.5) is 5.82 Å². The molecule has 5 nitrogen and oxygen atoms in total. The first-order valence-corrected chi connectivity index (χ1v) is 6.24. The van der Waals surface area contributed by atoms with E-state index in [0.29, 0.717) is 24.2 Å². The molecule has 0 radical (unpaired) electrons. The van der Waals surface area contributed by atoms with Gasteiger partial charge in [-0.05, 0) is 31.7 Å². The molecule has 0 aromatic carbocycles. The van der Waals surface area contributed by atoms with Crippen LogP contribution in [0.15, 0.2) is 10.9 Å². The predicted octanol–water partition coefficient (Wildman–Crippen LogP) is 1.04. The molecule has 17 heavy (non-hydrogen) atoms. The lowest BCUT2D eigenvalue weighted by molar-refractivity contribution is 0.567. The third-order valence-electron chi connectivity index (χ3n) is 3.02. The number of aromatic nitrogens is 2. The quantitative estimate of drug-likeness (QED) is 0.689. The van der Waals surface area contributed by atoms with Crippen molar-refractivity contribution in [3.63, 3.8) is 0 Å². The van der Waals surface area contributed by atoms with Gasteiger partial charge in [-0.25, -0.2) is 4.98 Å². The van der Waals surface area contributed by atoms with Crippen LogP contribution in [0.1, 0.15) is 37.9 Å². The van der Waals surface area contributed by atoms with Crippen LogP contribution in [-0.4, -0.2) is 23.1 Å². The maximum atomic E-state index is 11.5. The van der Waals surface area contributed by atoms with Crippen molar-refractivity contribution < 1.29 is 0 Å². The molecule has 0 aliphatic heterocycles. The summed E-state index contributed by atoms with van der Waals surface area (Å²) in [6.45, 7) is 3.63. The summed E-state index contributed by atoms with van der Waals surface area (Å²) in [5.41, 5.74) is 5.42. The molecule has 0 bridgehead atoms. The molecule has 1 aromatic rings. The fourth-order valence-corrected chi connectivity index (χ4v) is 1.78. The molecule has 5 heteroatoms. The Morgan fingerprint density at radius 2 is 2.41 bits per heavy atom. The van der Waals surface area contributed by atoms with Gasteiger partial charge >= 0.3 is 0 Å². The standard InChI is InChI=1S/C12H20N4O/c1-8(4-5-13)7-14-10-6-11(17)16-12(15-10)9-2-3-9/h6,8-9H,2-5,7,13H2,1H3,(H2,14,15,16,17). The minimum Gasteiger partial charge on any atom is -0.370 e. The van der Waals surface area contributed by atoms with Gasteiger partial charge < -0.3 is 16.0 Å². The number of nitrogens with one attached hydrogen (secondary N) is 2.